The topological polar surface area (TPSA) is 93.3 Å². The van der Waals surface area contributed by atoms with Gasteiger partial charge in [0.2, 0.25) is 5.69 Å². The van der Waals surface area contributed by atoms with Crippen molar-refractivity contribution < 1.29 is 36.8 Å². The zero-order chi connectivity index (χ0) is 15.7. The SMILES string of the molecule is O=C(O)Cc1cc([N+](=O)[O-])c(C(F)(F)F)nc1C(F)F. The Morgan fingerprint density at radius 1 is 1.45 bits per heavy atom. The van der Waals surface area contributed by atoms with Crippen LogP contribution in [0.25, 0.3) is 0 Å². The molecule has 0 saturated carbocycles. The fourth-order valence-corrected chi connectivity index (χ4v) is 1.40. The first-order valence-electron chi connectivity index (χ1n) is 4.79. The lowest BCUT2D eigenvalue weighted by atomic mass is 10.1. The van der Waals surface area contributed by atoms with Gasteiger partial charge < -0.3 is 5.11 Å². The molecule has 0 aliphatic rings. The van der Waals surface area contributed by atoms with Gasteiger partial charge in [0, 0.05) is 6.07 Å². The van der Waals surface area contributed by atoms with Gasteiger partial charge in [-0.25, -0.2) is 13.8 Å². The molecule has 1 N–H and O–H groups in total. The van der Waals surface area contributed by atoms with Crippen LogP contribution in [0.3, 0.4) is 0 Å². The normalized spacial score (nSPS) is 11.7. The van der Waals surface area contributed by atoms with Gasteiger partial charge in [0.25, 0.3) is 12.1 Å². The van der Waals surface area contributed by atoms with Crippen LogP contribution in [0.1, 0.15) is 23.4 Å². The van der Waals surface area contributed by atoms with Crippen LogP contribution >= 0.6 is 0 Å². The van der Waals surface area contributed by atoms with Gasteiger partial charge in [-0.05, 0) is 5.56 Å². The zero-order valence-corrected chi connectivity index (χ0v) is 9.32. The Kier molecular flexibility index (Phi) is 4.20. The van der Waals surface area contributed by atoms with Crippen LogP contribution in [-0.4, -0.2) is 21.0 Å². The lowest BCUT2D eigenvalue weighted by molar-refractivity contribution is -0.388. The molecule has 0 radical (unpaired) electrons. The van der Waals surface area contributed by atoms with Crippen molar-refractivity contribution in [1.82, 2.24) is 4.98 Å². The molecule has 0 unspecified atom stereocenters. The first-order chi connectivity index (χ1) is 9.04. The number of nitro groups is 1. The van der Waals surface area contributed by atoms with E-state index in [4.69, 9.17) is 5.11 Å². The molecular formula is C9H5F5N2O4. The molecular weight excluding hydrogens is 295 g/mol. The van der Waals surface area contributed by atoms with Crippen LogP contribution in [0.15, 0.2) is 6.07 Å². The van der Waals surface area contributed by atoms with Crippen molar-refractivity contribution >= 4 is 11.7 Å². The summed E-state index contributed by atoms with van der Waals surface area (Å²) in [6.45, 7) is 0. The molecule has 1 heterocycles. The molecule has 0 fully saturated rings. The summed E-state index contributed by atoms with van der Waals surface area (Å²) in [5.74, 6) is -1.64. The summed E-state index contributed by atoms with van der Waals surface area (Å²) < 4.78 is 62.7. The summed E-state index contributed by atoms with van der Waals surface area (Å²) in [5, 5.41) is 19.0. The average Bonchev–Trinajstić information content (AvgIpc) is 2.25. The highest BCUT2D eigenvalue weighted by atomic mass is 19.4. The molecule has 110 valence electrons. The Bertz CT molecular complexity index is 558. The molecule has 1 aromatic rings. The van der Waals surface area contributed by atoms with E-state index in [0.717, 1.165) is 0 Å². The molecule has 0 aliphatic heterocycles. The molecule has 0 aromatic carbocycles. The Balaban J connectivity index is 3.59. The minimum absolute atomic E-state index is 0.158. The molecule has 0 saturated heterocycles. The van der Waals surface area contributed by atoms with Crippen LogP contribution in [0.4, 0.5) is 27.6 Å². The van der Waals surface area contributed by atoms with Crippen LogP contribution in [0, 0.1) is 10.1 Å². The molecule has 1 rings (SSSR count). The van der Waals surface area contributed by atoms with E-state index >= 15 is 0 Å². The fraction of sp³-hybridized carbons (Fsp3) is 0.333. The van der Waals surface area contributed by atoms with Gasteiger partial charge in [0.1, 0.15) is 5.69 Å². The minimum Gasteiger partial charge on any atom is -0.481 e. The molecule has 1 aromatic heterocycles. The average molecular weight is 300 g/mol. The summed E-state index contributed by atoms with van der Waals surface area (Å²) >= 11 is 0. The third-order valence-electron chi connectivity index (χ3n) is 2.13. The molecule has 6 nitrogen and oxygen atoms in total. The van der Waals surface area contributed by atoms with Crippen molar-refractivity contribution in [3.63, 3.8) is 0 Å². The van der Waals surface area contributed by atoms with E-state index in [9.17, 15) is 36.9 Å². The van der Waals surface area contributed by atoms with Gasteiger partial charge in [0.05, 0.1) is 11.3 Å². The number of carbonyl (C=O) groups is 1. The minimum atomic E-state index is -5.31. The third kappa shape index (κ3) is 3.36. The standard InChI is InChI=1S/C9H5F5N2O4/c10-8(11)6-3(2-5(17)18)1-4(16(19)20)7(15-6)9(12,13)14/h1,8H,2H2,(H,17,18). The monoisotopic (exact) mass is 300 g/mol. The predicted octanol–water partition coefficient (Wildman–Crippen LogP) is 2.57. The molecule has 20 heavy (non-hydrogen) atoms. The summed E-state index contributed by atoms with van der Waals surface area (Å²) in [6, 6.07) is 0.158. The molecule has 0 bridgehead atoms. The maximum absolute atomic E-state index is 12.6. The third-order valence-corrected chi connectivity index (χ3v) is 2.13. The first-order valence-corrected chi connectivity index (χ1v) is 4.79. The van der Waals surface area contributed by atoms with Gasteiger partial charge in [-0.15, -0.1) is 0 Å². The lowest BCUT2D eigenvalue weighted by Gasteiger charge is -2.11. The zero-order valence-electron chi connectivity index (χ0n) is 9.32. The van der Waals surface area contributed by atoms with Gasteiger partial charge in [-0.1, -0.05) is 0 Å². The Morgan fingerprint density at radius 3 is 2.35 bits per heavy atom. The second-order valence-electron chi connectivity index (χ2n) is 3.53. The fourth-order valence-electron chi connectivity index (χ4n) is 1.40. The number of pyridine rings is 1. The van der Waals surface area contributed by atoms with E-state index in [1.807, 2.05) is 0 Å². The van der Waals surface area contributed by atoms with E-state index in [1.54, 1.807) is 0 Å². The van der Waals surface area contributed by atoms with Crippen molar-refractivity contribution in [2.75, 3.05) is 0 Å². The first kappa shape index (κ1) is 15.7. The maximum Gasteiger partial charge on any atom is 0.440 e. The van der Waals surface area contributed by atoms with Crippen molar-refractivity contribution in [2.24, 2.45) is 0 Å². The number of rotatable bonds is 4. The molecule has 0 amide bonds. The number of carboxylic acid groups (broad SMARTS) is 1. The summed E-state index contributed by atoms with van der Waals surface area (Å²) in [7, 11) is 0. The van der Waals surface area contributed by atoms with Crippen LogP contribution in [0.5, 0.6) is 0 Å². The van der Waals surface area contributed by atoms with Gasteiger partial charge in [0.15, 0.2) is 0 Å². The number of halogens is 5. The smallest absolute Gasteiger partial charge is 0.440 e. The Morgan fingerprint density at radius 2 is 2.00 bits per heavy atom. The summed E-state index contributed by atoms with van der Waals surface area (Å²) in [4.78, 5) is 22.0. The number of aliphatic carboxylic acids is 1. The maximum atomic E-state index is 12.6. The van der Waals surface area contributed by atoms with Crippen LogP contribution in [0.2, 0.25) is 0 Å². The predicted molar refractivity (Wildman–Crippen MR) is 52.2 cm³/mol. The van der Waals surface area contributed by atoms with Gasteiger partial charge >= 0.3 is 12.1 Å². The Labute approximate surface area is 107 Å². The van der Waals surface area contributed by atoms with E-state index in [2.05, 4.69) is 4.98 Å². The second kappa shape index (κ2) is 5.35. The van der Waals surface area contributed by atoms with E-state index < -0.39 is 52.6 Å². The van der Waals surface area contributed by atoms with Gasteiger partial charge in [-0.2, -0.15) is 13.2 Å². The van der Waals surface area contributed by atoms with Crippen LogP contribution in [-0.2, 0) is 17.4 Å². The van der Waals surface area contributed by atoms with Crippen molar-refractivity contribution in [3.05, 3.63) is 33.1 Å². The molecule has 0 spiro atoms. The highest BCUT2D eigenvalue weighted by molar-refractivity contribution is 5.71. The number of nitrogens with zero attached hydrogens (tertiary/aromatic N) is 2. The summed E-state index contributed by atoms with van der Waals surface area (Å²) in [6.07, 6.45) is -9.91. The quantitative estimate of drug-likeness (QED) is 0.524. The van der Waals surface area contributed by atoms with Gasteiger partial charge in [-0.3, -0.25) is 14.9 Å². The lowest BCUT2D eigenvalue weighted by Crippen LogP contribution is -2.16. The number of hydrogen-bond acceptors (Lipinski definition) is 4. The van der Waals surface area contributed by atoms with E-state index in [-0.39, 0.29) is 6.07 Å². The summed E-state index contributed by atoms with van der Waals surface area (Å²) in [5.41, 5.74) is -5.94. The van der Waals surface area contributed by atoms with E-state index in [0.29, 0.717) is 0 Å². The largest absolute Gasteiger partial charge is 0.481 e. The molecule has 0 aliphatic carbocycles. The Hall–Kier alpha value is -2.33. The number of alkyl halides is 5. The van der Waals surface area contributed by atoms with Crippen LogP contribution < -0.4 is 0 Å². The van der Waals surface area contributed by atoms with Crippen molar-refractivity contribution in [3.8, 4) is 0 Å². The van der Waals surface area contributed by atoms with Crippen molar-refractivity contribution in [2.45, 2.75) is 19.0 Å². The van der Waals surface area contributed by atoms with Crippen molar-refractivity contribution in [1.29, 1.82) is 0 Å². The number of aromatic nitrogens is 1. The van der Waals surface area contributed by atoms with E-state index in [1.165, 1.54) is 0 Å². The second-order valence-corrected chi connectivity index (χ2v) is 3.53. The highest BCUT2D eigenvalue weighted by Gasteiger charge is 2.42. The number of carboxylic acids is 1. The number of hydrogen-bond donors (Lipinski definition) is 1. The highest BCUT2D eigenvalue weighted by Crippen LogP contribution is 2.37. The molecule has 11 heteroatoms. The molecule has 0 atom stereocenters.